The third kappa shape index (κ3) is 4.59. The van der Waals surface area contributed by atoms with Crippen molar-refractivity contribution >= 4 is 11.8 Å². The number of aromatic nitrogens is 1. The average molecular weight is 306 g/mol. The maximum absolute atomic E-state index is 12.7. The number of carbonyl (C=O) groups is 1. The molecule has 1 N–H and O–H groups in total. The van der Waals surface area contributed by atoms with Crippen molar-refractivity contribution in [2.75, 3.05) is 31.2 Å². The second-order valence-electron chi connectivity index (χ2n) is 4.15. The van der Waals surface area contributed by atoms with E-state index in [-0.39, 0.29) is 24.5 Å². The van der Waals surface area contributed by atoms with Crippen LogP contribution >= 0.6 is 0 Å². The number of carboxylic acids is 1. The Morgan fingerprint density at radius 2 is 2.05 bits per heavy atom. The van der Waals surface area contributed by atoms with Crippen molar-refractivity contribution in [2.45, 2.75) is 20.0 Å². The molecular formula is C13H17F3N2O3. The lowest BCUT2D eigenvalue weighted by Crippen LogP contribution is -2.30. The van der Waals surface area contributed by atoms with Gasteiger partial charge in [-0.3, -0.25) is 0 Å². The van der Waals surface area contributed by atoms with Crippen LogP contribution in [0, 0.1) is 0 Å². The van der Waals surface area contributed by atoms with E-state index in [0.717, 1.165) is 6.07 Å². The highest BCUT2D eigenvalue weighted by atomic mass is 19.4. The molecular weight excluding hydrogens is 289 g/mol. The third-order valence-corrected chi connectivity index (χ3v) is 2.79. The first kappa shape index (κ1) is 17.2. The van der Waals surface area contributed by atoms with E-state index in [0.29, 0.717) is 19.2 Å². The van der Waals surface area contributed by atoms with E-state index in [1.165, 1.54) is 4.90 Å². The van der Waals surface area contributed by atoms with Crippen molar-refractivity contribution in [2.24, 2.45) is 0 Å². The molecule has 1 aromatic heterocycles. The zero-order valence-corrected chi connectivity index (χ0v) is 11.8. The minimum absolute atomic E-state index is 0.195. The van der Waals surface area contributed by atoms with Gasteiger partial charge in [0.2, 0.25) is 0 Å². The number of hydrogen-bond donors (Lipinski definition) is 1. The summed E-state index contributed by atoms with van der Waals surface area (Å²) in [5, 5.41) is 9.10. The van der Waals surface area contributed by atoms with Crippen LogP contribution in [0.15, 0.2) is 12.1 Å². The van der Waals surface area contributed by atoms with Crippen LogP contribution in [0.2, 0.25) is 0 Å². The summed E-state index contributed by atoms with van der Waals surface area (Å²) in [5.41, 5.74) is -1.38. The van der Waals surface area contributed by atoms with Gasteiger partial charge in [-0.2, -0.15) is 13.2 Å². The van der Waals surface area contributed by atoms with Gasteiger partial charge in [0.1, 0.15) is 17.1 Å². The SMILES string of the molecule is CCOCCN(CC)c1nc(C(F)(F)F)ccc1C(=O)O. The summed E-state index contributed by atoms with van der Waals surface area (Å²) in [6.07, 6.45) is -4.62. The Morgan fingerprint density at radius 3 is 2.52 bits per heavy atom. The molecule has 0 aromatic carbocycles. The Kier molecular flexibility index (Phi) is 5.95. The van der Waals surface area contributed by atoms with E-state index in [2.05, 4.69) is 4.98 Å². The van der Waals surface area contributed by atoms with E-state index in [1.54, 1.807) is 13.8 Å². The maximum Gasteiger partial charge on any atom is 0.433 e. The number of rotatable bonds is 7. The smallest absolute Gasteiger partial charge is 0.433 e. The molecule has 0 fully saturated rings. The van der Waals surface area contributed by atoms with Crippen molar-refractivity contribution in [1.29, 1.82) is 0 Å². The summed E-state index contributed by atoms with van der Waals surface area (Å²) in [6.45, 7) is 4.84. The third-order valence-electron chi connectivity index (χ3n) is 2.79. The molecule has 0 radical (unpaired) electrons. The molecule has 0 saturated carbocycles. The van der Waals surface area contributed by atoms with E-state index >= 15 is 0 Å². The highest BCUT2D eigenvalue weighted by Crippen LogP contribution is 2.30. The molecule has 0 atom stereocenters. The van der Waals surface area contributed by atoms with Gasteiger partial charge >= 0.3 is 12.1 Å². The van der Waals surface area contributed by atoms with Crippen molar-refractivity contribution in [3.63, 3.8) is 0 Å². The first-order chi connectivity index (χ1) is 9.81. The Balaban J connectivity index is 3.17. The maximum atomic E-state index is 12.7. The van der Waals surface area contributed by atoms with Crippen LogP contribution in [0.1, 0.15) is 29.9 Å². The Morgan fingerprint density at radius 1 is 1.38 bits per heavy atom. The van der Waals surface area contributed by atoms with E-state index in [4.69, 9.17) is 9.84 Å². The Labute approximate surface area is 120 Å². The number of nitrogens with zero attached hydrogens (tertiary/aromatic N) is 2. The van der Waals surface area contributed by atoms with Crippen molar-refractivity contribution in [1.82, 2.24) is 4.98 Å². The summed E-state index contributed by atoms with van der Waals surface area (Å²) >= 11 is 0. The minimum Gasteiger partial charge on any atom is -0.478 e. The normalized spacial score (nSPS) is 11.5. The fraction of sp³-hybridized carbons (Fsp3) is 0.538. The molecule has 0 amide bonds. The largest absolute Gasteiger partial charge is 0.478 e. The first-order valence-electron chi connectivity index (χ1n) is 6.45. The number of hydrogen-bond acceptors (Lipinski definition) is 4. The topological polar surface area (TPSA) is 62.7 Å². The number of carboxylic acid groups (broad SMARTS) is 1. The quantitative estimate of drug-likeness (QED) is 0.785. The predicted octanol–water partition coefficient (Wildman–Crippen LogP) is 2.66. The first-order valence-corrected chi connectivity index (χ1v) is 6.45. The number of likely N-dealkylation sites (N-methyl/N-ethyl adjacent to an activating group) is 1. The molecule has 5 nitrogen and oxygen atoms in total. The van der Waals surface area contributed by atoms with Crippen molar-refractivity contribution in [3.05, 3.63) is 23.4 Å². The molecule has 0 spiro atoms. The summed E-state index contributed by atoms with van der Waals surface area (Å²) in [5.74, 6) is -1.51. The van der Waals surface area contributed by atoms with Crippen LogP contribution in [0.4, 0.5) is 19.0 Å². The van der Waals surface area contributed by atoms with Crippen molar-refractivity contribution in [3.8, 4) is 0 Å². The minimum atomic E-state index is -4.62. The fourth-order valence-electron chi connectivity index (χ4n) is 1.75. The highest BCUT2D eigenvalue weighted by molar-refractivity contribution is 5.93. The fourth-order valence-corrected chi connectivity index (χ4v) is 1.75. The van der Waals surface area contributed by atoms with Gasteiger partial charge in [0.05, 0.1) is 6.61 Å². The van der Waals surface area contributed by atoms with Gasteiger partial charge in [0.15, 0.2) is 0 Å². The monoisotopic (exact) mass is 306 g/mol. The molecule has 0 aliphatic carbocycles. The highest BCUT2D eigenvalue weighted by Gasteiger charge is 2.34. The molecule has 0 aliphatic heterocycles. The molecule has 0 aliphatic rings. The number of aromatic carboxylic acids is 1. The number of anilines is 1. The van der Waals surface area contributed by atoms with E-state index < -0.39 is 17.8 Å². The van der Waals surface area contributed by atoms with Gasteiger partial charge < -0.3 is 14.7 Å². The lowest BCUT2D eigenvalue weighted by atomic mass is 10.2. The van der Waals surface area contributed by atoms with Crippen LogP contribution in [0.5, 0.6) is 0 Å². The van der Waals surface area contributed by atoms with Crippen LogP contribution in [0.25, 0.3) is 0 Å². The van der Waals surface area contributed by atoms with Crippen LogP contribution in [-0.2, 0) is 10.9 Å². The van der Waals surface area contributed by atoms with Crippen LogP contribution < -0.4 is 4.90 Å². The number of pyridine rings is 1. The average Bonchev–Trinajstić information content (AvgIpc) is 2.42. The molecule has 1 aromatic rings. The zero-order chi connectivity index (χ0) is 16.0. The number of alkyl halides is 3. The molecule has 1 heterocycles. The molecule has 21 heavy (non-hydrogen) atoms. The van der Waals surface area contributed by atoms with E-state index in [9.17, 15) is 18.0 Å². The van der Waals surface area contributed by atoms with Gasteiger partial charge in [0, 0.05) is 19.7 Å². The van der Waals surface area contributed by atoms with Gasteiger partial charge in [-0.25, -0.2) is 9.78 Å². The molecule has 118 valence electrons. The zero-order valence-electron chi connectivity index (χ0n) is 11.8. The number of ether oxygens (including phenoxy) is 1. The molecule has 0 bridgehead atoms. The Hall–Kier alpha value is -1.83. The lowest BCUT2D eigenvalue weighted by molar-refractivity contribution is -0.141. The molecule has 0 unspecified atom stereocenters. The van der Waals surface area contributed by atoms with Gasteiger partial charge in [0.25, 0.3) is 0 Å². The van der Waals surface area contributed by atoms with E-state index in [1.807, 2.05) is 0 Å². The molecule has 1 rings (SSSR count). The van der Waals surface area contributed by atoms with Crippen LogP contribution in [0.3, 0.4) is 0 Å². The summed E-state index contributed by atoms with van der Waals surface area (Å²) in [4.78, 5) is 16.1. The predicted molar refractivity (Wildman–Crippen MR) is 70.6 cm³/mol. The van der Waals surface area contributed by atoms with Crippen molar-refractivity contribution < 1.29 is 27.8 Å². The van der Waals surface area contributed by atoms with Gasteiger partial charge in [-0.05, 0) is 26.0 Å². The number of halogens is 3. The molecule has 8 heteroatoms. The lowest BCUT2D eigenvalue weighted by Gasteiger charge is -2.24. The summed E-state index contributed by atoms with van der Waals surface area (Å²) in [6, 6.07) is 1.60. The summed E-state index contributed by atoms with van der Waals surface area (Å²) in [7, 11) is 0. The standard InChI is InChI=1S/C13H17F3N2O3/c1-3-18(7-8-21-4-2)11-9(12(19)20)5-6-10(17-11)13(14,15)16/h5-6H,3-4,7-8H2,1-2H3,(H,19,20). The second-order valence-corrected chi connectivity index (χ2v) is 4.15. The molecule has 0 saturated heterocycles. The van der Waals surface area contributed by atoms with Gasteiger partial charge in [-0.1, -0.05) is 0 Å². The van der Waals surface area contributed by atoms with Gasteiger partial charge in [-0.15, -0.1) is 0 Å². The summed E-state index contributed by atoms with van der Waals surface area (Å²) < 4.78 is 43.3. The second kappa shape index (κ2) is 7.26. The van der Waals surface area contributed by atoms with Crippen LogP contribution in [-0.4, -0.2) is 42.4 Å². The Bertz CT molecular complexity index is 492.